The second-order valence-corrected chi connectivity index (χ2v) is 5.73. The zero-order valence-electron chi connectivity index (χ0n) is 14.5. The first-order chi connectivity index (χ1) is 12.1. The summed E-state index contributed by atoms with van der Waals surface area (Å²) in [5.74, 6) is 2.48. The molecule has 2 aromatic rings. The standard InChI is InChI=1S/C19H21NO5/c1-12-8-16(22-2)17(23-3)11-14(12)20-19(21)10-13-4-5-15-18(9-13)25-7-6-24-15/h4-5,8-9,11H,6-7,10H2,1-3H3,(H,20,21). The van der Waals surface area contributed by atoms with E-state index >= 15 is 0 Å². The molecule has 132 valence electrons. The summed E-state index contributed by atoms with van der Waals surface area (Å²) in [7, 11) is 3.14. The van der Waals surface area contributed by atoms with Crippen molar-refractivity contribution in [1.29, 1.82) is 0 Å². The van der Waals surface area contributed by atoms with Gasteiger partial charge in [-0.1, -0.05) is 6.07 Å². The van der Waals surface area contributed by atoms with Gasteiger partial charge in [-0.2, -0.15) is 0 Å². The molecule has 1 heterocycles. The van der Waals surface area contributed by atoms with Crippen molar-refractivity contribution >= 4 is 11.6 Å². The summed E-state index contributed by atoms with van der Waals surface area (Å²) in [6.07, 6.45) is 0.241. The van der Waals surface area contributed by atoms with Crippen LogP contribution in [-0.4, -0.2) is 33.3 Å². The van der Waals surface area contributed by atoms with Gasteiger partial charge in [0.1, 0.15) is 13.2 Å². The maximum atomic E-state index is 12.4. The number of benzene rings is 2. The van der Waals surface area contributed by atoms with E-state index in [2.05, 4.69) is 5.32 Å². The molecule has 1 amide bonds. The lowest BCUT2D eigenvalue weighted by atomic mass is 10.1. The molecule has 0 aromatic heterocycles. The van der Waals surface area contributed by atoms with Crippen molar-refractivity contribution in [1.82, 2.24) is 0 Å². The molecule has 2 aromatic carbocycles. The zero-order chi connectivity index (χ0) is 17.8. The summed E-state index contributed by atoms with van der Waals surface area (Å²) in [6, 6.07) is 9.14. The molecule has 0 unspecified atom stereocenters. The highest BCUT2D eigenvalue weighted by Gasteiger charge is 2.15. The normalized spacial score (nSPS) is 12.4. The van der Waals surface area contributed by atoms with Crippen LogP contribution in [0.2, 0.25) is 0 Å². The van der Waals surface area contributed by atoms with Gasteiger partial charge in [0.05, 0.1) is 20.6 Å². The van der Waals surface area contributed by atoms with Gasteiger partial charge in [0.25, 0.3) is 0 Å². The predicted molar refractivity (Wildman–Crippen MR) is 94.0 cm³/mol. The van der Waals surface area contributed by atoms with Crippen LogP contribution in [0.5, 0.6) is 23.0 Å². The Bertz CT molecular complexity index is 788. The van der Waals surface area contributed by atoms with Gasteiger partial charge < -0.3 is 24.3 Å². The van der Waals surface area contributed by atoms with E-state index < -0.39 is 0 Å². The average molecular weight is 343 g/mol. The number of aryl methyl sites for hydroxylation is 1. The third-order valence-corrected chi connectivity index (χ3v) is 3.98. The van der Waals surface area contributed by atoms with Crippen LogP contribution < -0.4 is 24.3 Å². The highest BCUT2D eigenvalue weighted by atomic mass is 16.6. The summed E-state index contributed by atoms with van der Waals surface area (Å²) < 4.78 is 21.6. The maximum absolute atomic E-state index is 12.4. The van der Waals surface area contributed by atoms with Crippen molar-refractivity contribution in [3.8, 4) is 23.0 Å². The molecule has 6 nitrogen and oxygen atoms in total. The van der Waals surface area contributed by atoms with Crippen LogP contribution in [0, 0.1) is 6.92 Å². The Kier molecular flexibility index (Phi) is 4.97. The van der Waals surface area contributed by atoms with E-state index in [1.54, 1.807) is 20.3 Å². The molecular weight excluding hydrogens is 322 g/mol. The smallest absolute Gasteiger partial charge is 0.228 e. The molecule has 0 bridgehead atoms. The van der Waals surface area contributed by atoms with Crippen molar-refractivity contribution in [2.45, 2.75) is 13.3 Å². The number of ether oxygens (including phenoxy) is 4. The number of methoxy groups -OCH3 is 2. The molecule has 0 aliphatic carbocycles. The third-order valence-electron chi connectivity index (χ3n) is 3.98. The van der Waals surface area contributed by atoms with Crippen LogP contribution in [0.3, 0.4) is 0 Å². The fraction of sp³-hybridized carbons (Fsp3) is 0.316. The molecule has 25 heavy (non-hydrogen) atoms. The fourth-order valence-electron chi connectivity index (χ4n) is 2.69. The average Bonchev–Trinajstić information content (AvgIpc) is 2.62. The van der Waals surface area contributed by atoms with E-state index in [9.17, 15) is 4.79 Å². The molecule has 6 heteroatoms. The Morgan fingerprint density at radius 3 is 2.44 bits per heavy atom. The number of anilines is 1. The summed E-state index contributed by atoms with van der Waals surface area (Å²) in [5, 5.41) is 2.92. The number of fused-ring (bicyclic) bond motifs is 1. The van der Waals surface area contributed by atoms with Gasteiger partial charge in [0.2, 0.25) is 5.91 Å². The first kappa shape index (κ1) is 17.0. The van der Waals surface area contributed by atoms with Gasteiger partial charge in [0.15, 0.2) is 23.0 Å². The molecule has 0 atom stereocenters. The van der Waals surface area contributed by atoms with E-state index in [1.165, 1.54) is 0 Å². The molecule has 1 N–H and O–H groups in total. The van der Waals surface area contributed by atoms with Gasteiger partial charge in [-0.25, -0.2) is 0 Å². The lowest BCUT2D eigenvalue weighted by Gasteiger charge is -2.19. The number of carbonyl (C=O) groups excluding carboxylic acids is 1. The quantitative estimate of drug-likeness (QED) is 0.904. The number of amides is 1. The highest BCUT2D eigenvalue weighted by molar-refractivity contribution is 5.93. The zero-order valence-corrected chi connectivity index (χ0v) is 14.5. The Labute approximate surface area is 146 Å². The monoisotopic (exact) mass is 343 g/mol. The predicted octanol–water partition coefficient (Wildman–Crippen LogP) is 2.96. The number of rotatable bonds is 5. The second kappa shape index (κ2) is 7.34. The summed E-state index contributed by atoms with van der Waals surface area (Å²) in [6.45, 7) is 2.97. The van der Waals surface area contributed by atoms with E-state index in [0.29, 0.717) is 41.9 Å². The van der Waals surface area contributed by atoms with Gasteiger partial charge in [-0.15, -0.1) is 0 Å². The van der Waals surface area contributed by atoms with E-state index in [4.69, 9.17) is 18.9 Å². The number of hydrogen-bond acceptors (Lipinski definition) is 5. The minimum absolute atomic E-state index is 0.119. The largest absolute Gasteiger partial charge is 0.493 e. The molecule has 1 aliphatic rings. The van der Waals surface area contributed by atoms with Crippen LogP contribution in [-0.2, 0) is 11.2 Å². The minimum Gasteiger partial charge on any atom is -0.493 e. The second-order valence-electron chi connectivity index (χ2n) is 5.73. The van der Waals surface area contributed by atoms with Crippen LogP contribution in [0.15, 0.2) is 30.3 Å². The molecule has 0 saturated heterocycles. The third kappa shape index (κ3) is 3.79. The van der Waals surface area contributed by atoms with Gasteiger partial charge in [-0.3, -0.25) is 4.79 Å². The van der Waals surface area contributed by atoms with Crippen molar-refractivity contribution in [2.24, 2.45) is 0 Å². The minimum atomic E-state index is -0.119. The van der Waals surface area contributed by atoms with Crippen molar-refractivity contribution in [3.63, 3.8) is 0 Å². The molecule has 0 radical (unpaired) electrons. The van der Waals surface area contributed by atoms with Crippen molar-refractivity contribution in [3.05, 3.63) is 41.5 Å². The van der Waals surface area contributed by atoms with Crippen LogP contribution in [0.1, 0.15) is 11.1 Å². The van der Waals surface area contributed by atoms with E-state index in [0.717, 1.165) is 11.1 Å². The SMILES string of the molecule is COc1cc(C)c(NC(=O)Cc2ccc3c(c2)OCCO3)cc1OC. The molecular formula is C19H21NO5. The number of nitrogens with one attached hydrogen (secondary N) is 1. The molecule has 0 saturated carbocycles. The maximum Gasteiger partial charge on any atom is 0.228 e. The van der Waals surface area contributed by atoms with Crippen LogP contribution >= 0.6 is 0 Å². The Hall–Kier alpha value is -2.89. The van der Waals surface area contributed by atoms with Gasteiger partial charge >= 0.3 is 0 Å². The first-order valence-electron chi connectivity index (χ1n) is 8.01. The van der Waals surface area contributed by atoms with Gasteiger partial charge in [-0.05, 0) is 36.2 Å². The topological polar surface area (TPSA) is 66.0 Å². The van der Waals surface area contributed by atoms with Crippen LogP contribution in [0.25, 0.3) is 0 Å². The summed E-state index contributed by atoms with van der Waals surface area (Å²) in [5.41, 5.74) is 2.45. The van der Waals surface area contributed by atoms with Gasteiger partial charge in [0, 0.05) is 11.8 Å². The lowest BCUT2D eigenvalue weighted by molar-refractivity contribution is -0.115. The Morgan fingerprint density at radius 2 is 1.72 bits per heavy atom. The lowest BCUT2D eigenvalue weighted by Crippen LogP contribution is -2.17. The van der Waals surface area contributed by atoms with Crippen molar-refractivity contribution < 1.29 is 23.7 Å². The van der Waals surface area contributed by atoms with E-state index in [1.807, 2.05) is 31.2 Å². The molecule has 1 aliphatic heterocycles. The molecule has 0 spiro atoms. The highest BCUT2D eigenvalue weighted by Crippen LogP contribution is 2.33. The van der Waals surface area contributed by atoms with Crippen LogP contribution in [0.4, 0.5) is 5.69 Å². The Balaban J connectivity index is 1.72. The summed E-state index contributed by atoms with van der Waals surface area (Å²) in [4.78, 5) is 12.4. The first-order valence-corrected chi connectivity index (χ1v) is 8.01. The number of carbonyl (C=O) groups is 1. The van der Waals surface area contributed by atoms with E-state index in [-0.39, 0.29) is 12.3 Å². The van der Waals surface area contributed by atoms with Crippen molar-refractivity contribution in [2.75, 3.05) is 32.8 Å². The Morgan fingerprint density at radius 1 is 1.04 bits per heavy atom. The fourth-order valence-corrected chi connectivity index (χ4v) is 2.69. The molecule has 0 fully saturated rings. The molecule has 3 rings (SSSR count). The number of hydrogen-bond donors (Lipinski definition) is 1. The summed E-state index contributed by atoms with van der Waals surface area (Å²) >= 11 is 0.